The lowest BCUT2D eigenvalue weighted by Gasteiger charge is -2.09. The highest BCUT2D eigenvalue weighted by Gasteiger charge is 2.37. The predicted molar refractivity (Wildman–Crippen MR) is 76.2 cm³/mol. The first-order chi connectivity index (χ1) is 9.56. The van der Waals surface area contributed by atoms with Gasteiger partial charge in [0.25, 0.3) is 0 Å². The summed E-state index contributed by atoms with van der Waals surface area (Å²) in [5.74, 6) is 0.666. The van der Waals surface area contributed by atoms with Crippen molar-refractivity contribution in [1.82, 2.24) is 4.98 Å². The third-order valence-electron chi connectivity index (χ3n) is 3.35. The molecule has 0 N–H and O–H groups in total. The fourth-order valence-corrected chi connectivity index (χ4v) is 3.45. The number of hydrogen-bond donors (Lipinski definition) is 0. The van der Waals surface area contributed by atoms with E-state index in [1.807, 2.05) is 16.4 Å². The van der Waals surface area contributed by atoms with Gasteiger partial charge in [0.05, 0.1) is 9.80 Å². The minimum absolute atomic E-state index is 0.142. The van der Waals surface area contributed by atoms with E-state index >= 15 is 0 Å². The number of anilines is 1. The lowest BCUT2D eigenvalue weighted by atomic mass is 10.3. The molecular formula is C12H12ClN4O2S+. The van der Waals surface area contributed by atoms with Crippen LogP contribution in [-0.2, 0) is 13.1 Å². The number of halogens is 1. The Morgan fingerprint density at radius 3 is 3.05 bits per heavy atom. The van der Waals surface area contributed by atoms with Crippen molar-refractivity contribution in [2.45, 2.75) is 20.0 Å². The summed E-state index contributed by atoms with van der Waals surface area (Å²) in [6, 6.07) is 3.35. The maximum Gasteiger partial charge on any atom is 0.357 e. The zero-order valence-corrected chi connectivity index (χ0v) is 12.3. The highest BCUT2D eigenvalue weighted by molar-refractivity contribution is 7.15. The highest BCUT2D eigenvalue weighted by Crippen LogP contribution is 2.30. The zero-order chi connectivity index (χ0) is 14.3. The van der Waals surface area contributed by atoms with E-state index in [1.54, 1.807) is 18.3 Å². The van der Waals surface area contributed by atoms with E-state index in [0.29, 0.717) is 16.8 Å². The molecule has 0 unspecified atom stereocenters. The Morgan fingerprint density at radius 1 is 1.60 bits per heavy atom. The van der Waals surface area contributed by atoms with Crippen LogP contribution in [0, 0.1) is 17.0 Å². The van der Waals surface area contributed by atoms with E-state index in [1.165, 1.54) is 11.3 Å². The van der Waals surface area contributed by atoms with Gasteiger partial charge in [0.2, 0.25) is 0 Å². The van der Waals surface area contributed by atoms with Gasteiger partial charge in [0.15, 0.2) is 4.47 Å². The first kappa shape index (κ1) is 13.3. The van der Waals surface area contributed by atoms with Gasteiger partial charge < -0.3 is 0 Å². The summed E-state index contributed by atoms with van der Waals surface area (Å²) in [5, 5.41) is 11.2. The molecule has 3 heterocycles. The van der Waals surface area contributed by atoms with Crippen LogP contribution in [0.25, 0.3) is 0 Å². The summed E-state index contributed by atoms with van der Waals surface area (Å²) in [4.78, 5) is 17.9. The van der Waals surface area contributed by atoms with Crippen molar-refractivity contribution in [1.29, 1.82) is 0 Å². The molecule has 0 spiro atoms. The van der Waals surface area contributed by atoms with Crippen LogP contribution in [0.5, 0.6) is 0 Å². The molecule has 0 amide bonds. The second kappa shape index (κ2) is 4.99. The Bertz CT molecular complexity index is 688. The van der Waals surface area contributed by atoms with Crippen molar-refractivity contribution in [3.05, 3.63) is 43.5 Å². The van der Waals surface area contributed by atoms with Crippen LogP contribution >= 0.6 is 22.9 Å². The molecule has 0 saturated heterocycles. The Morgan fingerprint density at radius 2 is 2.40 bits per heavy atom. The van der Waals surface area contributed by atoms with Crippen molar-refractivity contribution in [3.8, 4) is 0 Å². The maximum atomic E-state index is 11.2. The smallest absolute Gasteiger partial charge is 0.258 e. The van der Waals surface area contributed by atoms with Crippen molar-refractivity contribution >= 4 is 34.4 Å². The zero-order valence-electron chi connectivity index (χ0n) is 10.7. The average Bonchev–Trinajstić information content (AvgIpc) is 2.98. The number of hydrogen-bond acceptors (Lipinski definition) is 5. The summed E-state index contributed by atoms with van der Waals surface area (Å²) >= 11 is 7.23. The normalized spacial score (nSPS) is 13.6. The third-order valence-corrected chi connectivity index (χ3v) is 4.45. The molecule has 0 saturated carbocycles. The SMILES string of the molecule is Cc1ccc([N+](=O)[O-])c2[n+]1CCN2Cc1cnc(Cl)s1. The molecule has 2 aromatic rings. The molecule has 1 aliphatic rings. The molecule has 6 nitrogen and oxygen atoms in total. The quantitative estimate of drug-likeness (QED) is 0.496. The lowest BCUT2D eigenvalue weighted by Crippen LogP contribution is -2.35. The molecule has 2 aromatic heterocycles. The molecule has 3 rings (SSSR count). The Labute approximate surface area is 124 Å². The molecule has 0 radical (unpaired) electrons. The van der Waals surface area contributed by atoms with Gasteiger partial charge in [-0.1, -0.05) is 11.6 Å². The maximum absolute atomic E-state index is 11.2. The van der Waals surface area contributed by atoms with Crippen LogP contribution in [0.3, 0.4) is 0 Å². The highest BCUT2D eigenvalue weighted by atomic mass is 35.5. The molecule has 1 aliphatic heterocycles. The largest absolute Gasteiger partial charge is 0.357 e. The van der Waals surface area contributed by atoms with Gasteiger partial charge in [-0.05, 0) is 13.0 Å². The topological polar surface area (TPSA) is 63.2 Å². The van der Waals surface area contributed by atoms with Crippen LogP contribution < -0.4 is 9.47 Å². The summed E-state index contributed by atoms with van der Waals surface area (Å²) in [6.07, 6.45) is 1.72. The van der Waals surface area contributed by atoms with Gasteiger partial charge >= 0.3 is 11.5 Å². The van der Waals surface area contributed by atoms with Crippen LogP contribution in [0.1, 0.15) is 10.6 Å². The predicted octanol–water partition coefficient (Wildman–Crippen LogP) is 2.32. The Hall–Kier alpha value is -1.73. The molecule has 0 aliphatic carbocycles. The molecule has 8 heteroatoms. The minimum atomic E-state index is -0.330. The minimum Gasteiger partial charge on any atom is -0.258 e. The third kappa shape index (κ3) is 2.23. The van der Waals surface area contributed by atoms with Crippen molar-refractivity contribution in [2.24, 2.45) is 0 Å². The summed E-state index contributed by atoms with van der Waals surface area (Å²) in [6.45, 7) is 4.06. The number of pyridine rings is 1. The van der Waals surface area contributed by atoms with Crippen LogP contribution in [0.2, 0.25) is 4.47 Å². The Kier molecular flexibility index (Phi) is 3.31. The standard InChI is InChI=1S/C12H12ClN4O2S/c1-8-2-3-10(17(18)19)11-15(4-5-16(8)11)7-9-6-14-12(13)20-9/h2-3,6H,4-5,7H2,1H3/q+1. The number of nitro groups is 1. The fourth-order valence-electron chi connectivity index (χ4n) is 2.45. The molecule has 0 bridgehead atoms. The fraction of sp³-hybridized carbons (Fsp3) is 0.333. The van der Waals surface area contributed by atoms with Crippen molar-refractivity contribution in [3.63, 3.8) is 0 Å². The van der Waals surface area contributed by atoms with Gasteiger partial charge in [-0.2, -0.15) is 0 Å². The lowest BCUT2D eigenvalue weighted by molar-refractivity contribution is -0.679. The second-order valence-corrected chi connectivity index (χ2v) is 6.29. The van der Waals surface area contributed by atoms with Gasteiger partial charge in [0.1, 0.15) is 25.3 Å². The number of aryl methyl sites for hydroxylation is 1. The summed E-state index contributed by atoms with van der Waals surface area (Å²) in [7, 11) is 0. The van der Waals surface area contributed by atoms with Crippen LogP contribution in [0.15, 0.2) is 18.3 Å². The Balaban J connectivity index is 1.99. The summed E-state index contributed by atoms with van der Waals surface area (Å²) < 4.78 is 2.48. The van der Waals surface area contributed by atoms with Crippen molar-refractivity contribution < 1.29 is 9.49 Å². The van der Waals surface area contributed by atoms with Crippen LogP contribution in [-0.4, -0.2) is 16.5 Å². The van der Waals surface area contributed by atoms with Gasteiger partial charge in [-0.25, -0.2) is 14.5 Å². The van der Waals surface area contributed by atoms with Gasteiger partial charge in [-0.15, -0.1) is 11.3 Å². The first-order valence-corrected chi connectivity index (χ1v) is 7.28. The van der Waals surface area contributed by atoms with E-state index in [2.05, 4.69) is 4.98 Å². The molecular weight excluding hydrogens is 300 g/mol. The molecule has 104 valence electrons. The molecule has 0 fully saturated rings. The van der Waals surface area contributed by atoms with Crippen LogP contribution in [0.4, 0.5) is 11.5 Å². The number of aromatic nitrogens is 2. The average molecular weight is 312 g/mol. The van der Waals surface area contributed by atoms with E-state index < -0.39 is 0 Å². The number of nitrogens with zero attached hydrogens (tertiary/aromatic N) is 4. The molecule has 20 heavy (non-hydrogen) atoms. The number of rotatable bonds is 3. The van der Waals surface area contributed by atoms with Gasteiger partial charge in [-0.3, -0.25) is 10.1 Å². The van der Waals surface area contributed by atoms with E-state index in [0.717, 1.165) is 23.7 Å². The van der Waals surface area contributed by atoms with Gasteiger partial charge in [0, 0.05) is 12.3 Å². The van der Waals surface area contributed by atoms with E-state index in [9.17, 15) is 10.1 Å². The number of fused-ring (bicyclic) bond motifs is 1. The number of thiazole rings is 1. The van der Waals surface area contributed by atoms with E-state index in [4.69, 9.17) is 11.6 Å². The monoisotopic (exact) mass is 311 g/mol. The van der Waals surface area contributed by atoms with E-state index in [-0.39, 0.29) is 10.6 Å². The molecule has 0 atom stereocenters. The summed E-state index contributed by atoms with van der Waals surface area (Å²) in [5.41, 5.74) is 1.17. The first-order valence-electron chi connectivity index (χ1n) is 6.09. The van der Waals surface area contributed by atoms with Crippen molar-refractivity contribution in [2.75, 3.05) is 11.4 Å². The second-order valence-electron chi connectivity index (χ2n) is 4.59. The molecule has 0 aromatic carbocycles.